The van der Waals surface area contributed by atoms with E-state index < -0.39 is 6.09 Å². The van der Waals surface area contributed by atoms with Gasteiger partial charge in [-0.2, -0.15) is 10.1 Å². The lowest BCUT2D eigenvalue weighted by molar-refractivity contribution is -0.582. The van der Waals surface area contributed by atoms with Crippen LogP contribution in [0.2, 0.25) is 0 Å². The van der Waals surface area contributed by atoms with Crippen LogP contribution in [0.4, 0.5) is 4.79 Å². The van der Waals surface area contributed by atoms with E-state index in [0.717, 1.165) is 0 Å². The largest absolute Gasteiger partial charge is 0.607 e. The van der Waals surface area contributed by atoms with Gasteiger partial charge in [0.1, 0.15) is 17.4 Å². The molecule has 0 aliphatic rings. The molecule has 4 nitrogen and oxygen atoms in total. The van der Waals surface area contributed by atoms with Crippen LogP contribution >= 0.6 is 0 Å². The van der Waals surface area contributed by atoms with Crippen molar-refractivity contribution in [3.05, 3.63) is 60.4 Å². The number of hydrogen-bond donors (Lipinski definition) is 0. The maximum atomic E-state index is 11.7. The fourth-order valence-corrected chi connectivity index (χ4v) is 1.30. The fourth-order valence-electron chi connectivity index (χ4n) is 1.30. The van der Waals surface area contributed by atoms with Crippen LogP contribution in [-0.4, -0.2) is 6.09 Å². The molecule has 0 unspecified atom stereocenters. The van der Waals surface area contributed by atoms with Crippen molar-refractivity contribution < 1.29 is 14.1 Å². The van der Waals surface area contributed by atoms with Gasteiger partial charge < -0.3 is 4.74 Å². The van der Waals surface area contributed by atoms with E-state index in [9.17, 15) is 4.79 Å². The van der Waals surface area contributed by atoms with E-state index in [1.165, 1.54) is 17.0 Å². The highest BCUT2D eigenvalue weighted by Gasteiger charge is 2.17. The van der Waals surface area contributed by atoms with E-state index in [1.807, 2.05) is 12.1 Å². The quantitative estimate of drug-likeness (QED) is 0.696. The lowest BCUT2D eigenvalue weighted by atomic mass is 10.3. The first-order valence-electron chi connectivity index (χ1n) is 4.98. The fraction of sp³-hybridized carbons (Fsp3) is 0. The summed E-state index contributed by atoms with van der Waals surface area (Å²) < 4.78 is 6.34. The number of ether oxygens (including phenoxy) is 1. The molecule has 0 saturated heterocycles. The number of rotatable bonds is 1. The van der Waals surface area contributed by atoms with Gasteiger partial charge in [-0.1, -0.05) is 22.8 Å². The van der Waals surface area contributed by atoms with Crippen molar-refractivity contribution in [2.24, 2.45) is 0 Å². The van der Waals surface area contributed by atoms with Gasteiger partial charge in [0.15, 0.2) is 12.4 Å². The van der Waals surface area contributed by atoms with E-state index in [0.29, 0.717) is 11.3 Å². The van der Waals surface area contributed by atoms with Crippen LogP contribution in [0.25, 0.3) is 0 Å². The van der Waals surface area contributed by atoms with E-state index in [4.69, 9.17) is 10.00 Å². The van der Waals surface area contributed by atoms with Crippen LogP contribution < -0.4 is 9.30 Å². The third kappa shape index (κ3) is 2.67. The summed E-state index contributed by atoms with van der Waals surface area (Å²) in [5, 5.41) is 8.72. The Morgan fingerprint density at radius 2 is 1.94 bits per heavy atom. The molecular weight excluding hydrogens is 216 g/mol. The molecular formula is C13H9N2O2+. The van der Waals surface area contributed by atoms with Crippen molar-refractivity contribution in [1.82, 2.24) is 0 Å². The number of pyridine rings is 1. The van der Waals surface area contributed by atoms with Crippen LogP contribution in [0.5, 0.6) is 5.75 Å². The highest BCUT2D eigenvalue weighted by molar-refractivity contribution is 5.60. The highest BCUT2D eigenvalue weighted by atomic mass is 16.6. The zero-order valence-corrected chi connectivity index (χ0v) is 8.91. The summed E-state index contributed by atoms with van der Waals surface area (Å²) in [6.45, 7) is 0. The van der Waals surface area contributed by atoms with Gasteiger partial charge in [0, 0.05) is 6.07 Å². The molecule has 82 valence electrons. The summed E-state index contributed by atoms with van der Waals surface area (Å²) in [6, 6.07) is 14.0. The number of carbonyl (C=O) groups excluding carboxylic acids is 1. The Hall–Kier alpha value is -2.67. The van der Waals surface area contributed by atoms with Gasteiger partial charge in [0.2, 0.25) is 0 Å². The van der Waals surface area contributed by atoms with Crippen molar-refractivity contribution in [3.63, 3.8) is 0 Å². The number of nitrogens with zero attached hydrogens (tertiary/aromatic N) is 2. The number of hydrogen-bond acceptors (Lipinski definition) is 3. The maximum Gasteiger partial charge on any atom is 0.607 e. The summed E-state index contributed by atoms with van der Waals surface area (Å²) in [5.41, 5.74) is 0.400. The summed E-state index contributed by atoms with van der Waals surface area (Å²) in [7, 11) is 0. The van der Waals surface area contributed by atoms with Crippen LogP contribution in [0.15, 0.2) is 54.9 Å². The Kier molecular flexibility index (Phi) is 3.13. The van der Waals surface area contributed by atoms with Crippen LogP contribution in [0.1, 0.15) is 5.56 Å². The number of para-hydroxylation sites is 1. The molecule has 0 aliphatic carbocycles. The molecule has 0 aliphatic heterocycles. The minimum Gasteiger partial charge on any atom is -0.372 e. The molecule has 0 radical (unpaired) electrons. The second-order valence-electron chi connectivity index (χ2n) is 3.29. The normalized spacial score (nSPS) is 9.35. The third-order valence-electron chi connectivity index (χ3n) is 2.09. The Balaban J connectivity index is 2.18. The molecule has 0 saturated carbocycles. The lowest BCUT2D eigenvalue weighted by Gasteiger charge is -1.98. The monoisotopic (exact) mass is 225 g/mol. The molecule has 2 aromatic rings. The second-order valence-corrected chi connectivity index (χ2v) is 3.29. The van der Waals surface area contributed by atoms with Gasteiger partial charge in [0.05, 0.1) is 0 Å². The Morgan fingerprint density at radius 1 is 1.18 bits per heavy atom. The van der Waals surface area contributed by atoms with Crippen LogP contribution in [0.3, 0.4) is 0 Å². The van der Waals surface area contributed by atoms with Gasteiger partial charge in [0.25, 0.3) is 0 Å². The summed E-state index contributed by atoms with van der Waals surface area (Å²) in [6.07, 6.45) is 2.41. The number of carbonyl (C=O) groups is 1. The Labute approximate surface area is 98.3 Å². The molecule has 4 heteroatoms. The standard InChI is InChI=1S/C13H9N2O2/c14-9-11-5-4-8-15(10-11)13(16)17-12-6-2-1-3-7-12/h1-8,10H/q+1. The molecule has 0 N–H and O–H groups in total. The first-order chi connectivity index (χ1) is 8.29. The predicted molar refractivity (Wildman–Crippen MR) is 59.2 cm³/mol. The summed E-state index contributed by atoms with van der Waals surface area (Å²) in [5.74, 6) is 0.465. The third-order valence-corrected chi connectivity index (χ3v) is 2.09. The molecule has 0 amide bonds. The van der Waals surface area contributed by atoms with Gasteiger partial charge in [-0.15, -0.1) is 0 Å². The molecule has 1 aromatic heterocycles. The van der Waals surface area contributed by atoms with E-state index in [2.05, 4.69) is 0 Å². The van der Waals surface area contributed by atoms with Crippen molar-refractivity contribution >= 4 is 6.09 Å². The zero-order chi connectivity index (χ0) is 12.1. The topological polar surface area (TPSA) is 54.0 Å². The minimum absolute atomic E-state index is 0.400. The SMILES string of the molecule is N#Cc1ccc[n+](C(=O)Oc2ccccc2)c1. The number of nitriles is 1. The van der Waals surface area contributed by atoms with Gasteiger partial charge in [-0.25, -0.2) is 0 Å². The summed E-state index contributed by atoms with van der Waals surface area (Å²) >= 11 is 0. The first-order valence-corrected chi connectivity index (χ1v) is 4.98. The zero-order valence-electron chi connectivity index (χ0n) is 8.91. The van der Waals surface area contributed by atoms with E-state index >= 15 is 0 Å². The molecule has 0 bridgehead atoms. The molecule has 1 heterocycles. The average molecular weight is 225 g/mol. The van der Waals surface area contributed by atoms with E-state index in [-0.39, 0.29) is 0 Å². The second kappa shape index (κ2) is 4.90. The van der Waals surface area contributed by atoms with Crippen LogP contribution in [0, 0.1) is 11.3 Å². The predicted octanol–water partition coefficient (Wildman–Crippen LogP) is 1.89. The molecule has 0 spiro atoms. The van der Waals surface area contributed by atoms with Crippen molar-refractivity contribution in [1.29, 1.82) is 5.26 Å². The lowest BCUT2D eigenvalue weighted by Crippen LogP contribution is -2.44. The van der Waals surface area contributed by atoms with Gasteiger partial charge in [-0.05, 0) is 18.2 Å². The average Bonchev–Trinajstić information content (AvgIpc) is 2.40. The molecule has 2 rings (SSSR count). The number of benzene rings is 1. The first kappa shape index (κ1) is 10.8. The van der Waals surface area contributed by atoms with Crippen molar-refractivity contribution in [3.8, 4) is 11.8 Å². The van der Waals surface area contributed by atoms with Gasteiger partial charge in [-0.3, -0.25) is 0 Å². The minimum atomic E-state index is -0.548. The maximum absolute atomic E-state index is 11.7. The molecule has 0 atom stereocenters. The Bertz CT molecular complexity index is 573. The molecule has 0 fully saturated rings. The van der Waals surface area contributed by atoms with Crippen molar-refractivity contribution in [2.45, 2.75) is 0 Å². The molecule has 17 heavy (non-hydrogen) atoms. The smallest absolute Gasteiger partial charge is 0.372 e. The Morgan fingerprint density at radius 3 is 2.65 bits per heavy atom. The number of aromatic nitrogens is 1. The summed E-state index contributed by atoms with van der Waals surface area (Å²) in [4.78, 5) is 11.7. The highest BCUT2D eigenvalue weighted by Crippen LogP contribution is 2.08. The van der Waals surface area contributed by atoms with Crippen LogP contribution in [-0.2, 0) is 0 Å². The van der Waals surface area contributed by atoms with Crippen molar-refractivity contribution in [2.75, 3.05) is 0 Å². The molecule has 1 aromatic carbocycles. The van der Waals surface area contributed by atoms with E-state index in [1.54, 1.807) is 36.4 Å². The van der Waals surface area contributed by atoms with Gasteiger partial charge >= 0.3 is 6.09 Å².